The van der Waals surface area contributed by atoms with Crippen molar-refractivity contribution < 1.29 is 4.74 Å². The van der Waals surface area contributed by atoms with Crippen LogP contribution in [0.5, 0.6) is 5.75 Å². The van der Waals surface area contributed by atoms with Crippen LogP contribution in [0.3, 0.4) is 0 Å². The summed E-state index contributed by atoms with van der Waals surface area (Å²) in [7, 11) is 0. The monoisotopic (exact) mass is 258 g/mol. The van der Waals surface area contributed by atoms with E-state index in [1.807, 2.05) is 6.92 Å². The van der Waals surface area contributed by atoms with E-state index in [-0.39, 0.29) is 0 Å². The highest BCUT2D eigenvalue weighted by Crippen LogP contribution is 2.29. The van der Waals surface area contributed by atoms with E-state index >= 15 is 0 Å². The van der Waals surface area contributed by atoms with Crippen molar-refractivity contribution >= 4 is 0 Å². The molecular weight excluding hydrogens is 240 g/mol. The molecule has 0 spiro atoms. The second-order valence-corrected chi connectivity index (χ2v) is 4.77. The molecule has 0 saturated heterocycles. The summed E-state index contributed by atoms with van der Waals surface area (Å²) < 4.78 is 5.68. The Balaban J connectivity index is 1.52. The minimum Gasteiger partial charge on any atom is -0.493 e. The Hall–Kier alpha value is -1.88. The van der Waals surface area contributed by atoms with Crippen LogP contribution >= 0.6 is 0 Å². The van der Waals surface area contributed by atoms with Crippen LogP contribution in [-0.2, 0) is 19.4 Å². The number of benzene rings is 1. The molecule has 0 unspecified atom stereocenters. The quantitative estimate of drug-likeness (QED) is 0.795. The van der Waals surface area contributed by atoms with Crippen LogP contribution in [0.4, 0.5) is 0 Å². The molecule has 0 atom stereocenters. The molecule has 0 fully saturated rings. The van der Waals surface area contributed by atoms with E-state index in [1.165, 1.54) is 11.1 Å². The fraction of sp³-hybridized carbons (Fsp3) is 0.429. The first-order chi connectivity index (χ1) is 9.33. The lowest BCUT2D eigenvalue weighted by molar-refractivity contribution is 0.352. The van der Waals surface area contributed by atoms with E-state index in [0.29, 0.717) is 0 Å². The fourth-order valence-electron chi connectivity index (χ4n) is 2.35. The number of aromatic nitrogens is 3. The Morgan fingerprint density at radius 2 is 2.37 bits per heavy atom. The number of aryl methyl sites for hydroxylation is 1. The summed E-state index contributed by atoms with van der Waals surface area (Å²) in [4.78, 5) is 4.28. The molecule has 19 heavy (non-hydrogen) atoms. The molecule has 0 saturated carbocycles. The van der Waals surface area contributed by atoms with Gasteiger partial charge in [0.05, 0.1) is 6.61 Å². The minimum absolute atomic E-state index is 0.808. The number of hydrogen-bond acceptors (Lipinski definition) is 4. The third-order valence-corrected chi connectivity index (χ3v) is 3.28. The molecule has 1 aliphatic heterocycles. The van der Waals surface area contributed by atoms with Crippen molar-refractivity contribution in [2.75, 3.05) is 13.2 Å². The van der Waals surface area contributed by atoms with Gasteiger partial charge in [-0.3, -0.25) is 5.10 Å². The summed E-state index contributed by atoms with van der Waals surface area (Å²) in [5.74, 6) is 2.80. The molecule has 0 bridgehead atoms. The molecule has 0 amide bonds. The van der Waals surface area contributed by atoms with E-state index in [0.717, 1.165) is 49.9 Å². The number of H-pyrrole nitrogens is 1. The van der Waals surface area contributed by atoms with Crippen molar-refractivity contribution in [3.05, 3.63) is 41.0 Å². The first-order valence-corrected chi connectivity index (χ1v) is 6.65. The number of hydrogen-bond donors (Lipinski definition) is 2. The van der Waals surface area contributed by atoms with Crippen LogP contribution in [0.2, 0.25) is 0 Å². The van der Waals surface area contributed by atoms with E-state index in [9.17, 15) is 0 Å². The number of nitrogens with one attached hydrogen (secondary N) is 2. The zero-order valence-electron chi connectivity index (χ0n) is 11.1. The Bertz CT molecular complexity index is 564. The SMILES string of the molecule is Cc1nc(CCNCc2cccc3c2OCC3)n[nH]1. The number of rotatable bonds is 5. The van der Waals surface area contributed by atoms with Crippen molar-refractivity contribution in [3.8, 4) is 5.75 Å². The van der Waals surface area contributed by atoms with E-state index in [4.69, 9.17) is 4.74 Å². The first-order valence-electron chi connectivity index (χ1n) is 6.65. The summed E-state index contributed by atoms with van der Waals surface area (Å²) >= 11 is 0. The largest absolute Gasteiger partial charge is 0.493 e. The van der Waals surface area contributed by atoms with E-state index in [1.54, 1.807) is 0 Å². The average molecular weight is 258 g/mol. The maximum absolute atomic E-state index is 5.68. The molecule has 2 heterocycles. The number of aromatic amines is 1. The van der Waals surface area contributed by atoms with Crippen molar-refractivity contribution in [3.63, 3.8) is 0 Å². The van der Waals surface area contributed by atoms with Gasteiger partial charge < -0.3 is 10.1 Å². The topological polar surface area (TPSA) is 62.8 Å². The molecule has 1 aromatic heterocycles. The Kier molecular flexibility index (Phi) is 3.46. The molecule has 0 radical (unpaired) electrons. The van der Waals surface area contributed by atoms with Gasteiger partial charge in [-0.1, -0.05) is 18.2 Å². The van der Waals surface area contributed by atoms with Gasteiger partial charge in [-0.25, -0.2) is 4.98 Å². The van der Waals surface area contributed by atoms with Crippen LogP contribution < -0.4 is 10.1 Å². The van der Waals surface area contributed by atoms with Crippen molar-refractivity contribution in [1.82, 2.24) is 20.5 Å². The van der Waals surface area contributed by atoms with Crippen molar-refractivity contribution in [2.45, 2.75) is 26.3 Å². The highest BCUT2D eigenvalue weighted by Gasteiger charge is 2.15. The molecular formula is C14H18N4O. The fourth-order valence-corrected chi connectivity index (χ4v) is 2.35. The van der Waals surface area contributed by atoms with Crippen LogP contribution in [0, 0.1) is 6.92 Å². The predicted molar refractivity (Wildman–Crippen MR) is 72.2 cm³/mol. The van der Waals surface area contributed by atoms with Crippen LogP contribution in [-0.4, -0.2) is 28.3 Å². The molecule has 1 aliphatic rings. The zero-order valence-corrected chi connectivity index (χ0v) is 11.1. The number of para-hydroxylation sites is 1. The molecule has 1 aromatic carbocycles. The summed E-state index contributed by atoms with van der Waals surface area (Å²) in [5, 5.41) is 10.4. The van der Waals surface area contributed by atoms with Crippen molar-refractivity contribution in [1.29, 1.82) is 0 Å². The third kappa shape index (κ3) is 2.76. The molecule has 5 heteroatoms. The van der Waals surface area contributed by atoms with Gasteiger partial charge in [-0.2, -0.15) is 5.10 Å². The Morgan fingerprint density at radius 3 is 3.21 bits per heavy atom. The van der Waals surface area contributed by atoms with E-state index in [2.05, 4.69) is 38.7 Å². The summed E-state index contributed by atoms with van der Waals surface area (Å²) in [6.07, 6.45) is 1.86. The predicted octanol–water partition coefficient (Wildman–Crippen LogP) is 1.38. The lowest BCUT2D eigenvalue weighted by Crippen LogP contribution is -2.17. The van der Waals surface area contributed by atoms with Gasteiger partial charge in [0.1, 0.15) is 11.6 Å². The summed E-state index contributed by atoms with van der Waals surface area (Å²) in [6.45, 7) is 4.41. The Labute approximate surface area is 112 Å². The first kappa shape index (κ1) is 12.2. The molecule has 2 aromatic rings. The molecule has 3 rings (SSSR count). The van der Waals surface area contributed by atoms with Gasteiger partial charge in [0.25, 0.3) is 0 Å². The maximum atomic E-state index is 5.68. The second-order valence-electron chi connectivity index (χ2n) is 4.77. The smallest absolute Gasteiger partial charge is 0.151 e. The molecule has 0 aliphatic carbocycles. The normalized spacial score (nSPS) is 13.3. The van der Waals surface area contributed by atoms with Gasteiger partial charge >= 0.3 is 0 Å². The lowest BCUT2D eigenvalue weighted by atomic mass is 10.1. The number of ether oxygens (including phenoxy) is 1. The maximum Gasteiger partial charge on any atom is 0.151 e. The van der Waals surface area contributed by atoms with Crippen LogP contribution in [0.25, 0.3) is 0 Å². The van der Waals surface area contributed by atoms with Gasteiger partial charge in [0.15, 0.2) is 5.82 Å². The van der Waals surface area contributed by atoms with Gasteiger partial charge in [0, 0.05) is 31.5 Å². The van der Waals surface area contributed by atoms with Crippen LogP contribution in [0.15, 0.2) is 18.2 Å². The highest BCUT2D eigenvalue weighted by atomic mass is 16.5. The summed E-state index contributed by atoms with van der Waals surface area (Å²) in [6, 6.07) is 6.36. The molecule has 5 nitrogen and oxygen atoms in total. The Morgan fingerprint density at radius 1 is 1.42 bits per heavy atom. The van der Waals surface area contributed by atoms with Gasteiger partial charge in [0.2, 0.25) is 0 Å². The van der Waals surface area contributed by atoms with Gasteiger partial charge in [-0.05, 0) is 12.5 Å². The molecule has 100 valence electrons. The third-order valence-electron chi connectivity index (χ3n) is 3.28. The number of fused-ring (bicyclic) bond motifs is 1. The number of nitrogens with zero attached hydrogens (tertiary/aromatic N) is 2. The van der Waals surface area contributed by atoms with E-state index < -0.39 is 0 Å². The average Bonchev–Trinajstić information content (AvgIpc) is 3.03. The van der Waals surface area contributed by atoms with Crippen molar-refractivity contribution in [2.24, 2.45) is 0 Å². The zero-order chi connectivity index (χ0) is 13.1. The van der Waals surface area contributed by atoms with Gasteiger partial charge in [-0.15, -0.1) is 0 Å². The standard InChI is InChI=1S/C14H18N4O/c1-10-16-13(18-17-10)5-7-15-9-12-4-2-3-11-6-8-19-14(11)12/h2-4,15H,5-9H2,1H3,(H,16,17,18). The molecule has 2 N–H and O–H groups in total. The second kappa shape index (κ2) is 5.40. The summed E-state index contributed by atoms with van der Waals surface area (Å²) in [5.41, 5.74) is 2.56. The van der Waals surface area contributed by atoms with Crippen LogP contribution in [0.1, 0.15) is 22.8 Å². The minimum atomic E-state index is 0.808. The highest BCUT2D eigenvalue weighted by molar-refractivity contribution is 5.43. The lowest BCUT2D eigenvalue weighted by Gasteiger charge is -2.08.